The minimum Gasteiger partial charge on any atom is -0.166 e. The fraction of sp³-hybridized carbons (Fsp3) is 0.400. The van der Waals surface area contributed by atoms with Gasteiger partial charge in [-0.2, -0.15) is 13.2 Å². The predicted octanol–water partition coefficient (Wildman–Crippen LogP) is 5.86. The Morgan fingerprint density at radius 1 is 0.957 bits per heavy atom. The van der Waals surface area contributed by atoms with Crippen molar-refractivity contribution in [2.24, 2.45) is 5.92 Å². The van der Waals surface area contributed by atoms with Crippen LogP contribution in [-0.2, 0) is 19.3 Å². The summed E-state index contributed by atoms with van der Waals surface area (Å²) in [5.41, 5.74) is 3.51. The Morgan fingerprint density at radius 2 is 1.70 bits per heavy atom. The van der Waals surface area contributed by atoms with Crippen LogP contribution in [0.5, 0.6) is 0 Å². The molecule has 0 aromatic heterocycles. The average Bonchev–Trinajstić information content (AvgIpc) is 2.52. The van der Waals surface area contributed by atoms with Gasteiger partial charge in [-0.05, 0) is 71.0 Å². The Balaban J connectivity index is 1.94. The van der Waals surface area contributed by atoms with Crippen LogP contribution in [0.15, 0.2) is 30.3 Å². The van der Waals surface area contributed by atoms with Crippen LogP contribution in [-0.4, -0.2) is 6.18 Å². The highest BCUT2D eigenvalue weighted by Gasteiger charge is 2.37. The lowest BCUT2D eigenvalue weighted by Crippen LogP contribution is -2.16. The normalized spacial score (nSPS) is 20.9. The second-order valence-electron chi connectivity index (χ2n) is 6.89. The molecule has 0 bridgehead atoms. The van der Waals surface area contributed by atoms with Gasteiger partial charge in [0, 0.05) is 0 Å². The lowest BCUT2D eigenvalue weighted by Gasteiger charge is -2.26. The molecule has 0 spiro atoms. The van der Waals surface area contributed by atoms with Gasteiger partial charge in [0.1, 0.15) is 0 Å². The van der Waals surface area contributed by atoms with E-state index in [1.54, 1.807) is 6.07 Å². The molecule has 0 heterocycles. The van der Waals surface area contributed by atoms with Crippen molar-refractivity contribution in [3.8, 4) is 0 Å². The molecule has 0 radical (unpaired) electrons. The van der Waals surface area contributed by atoms with Crippen molar-refractivity contribution in [1.29, 1.82) is 0 Å². The number of hydrogen-bond donors (Lipinski definition) is 0. The largest absolute Gasteiger partial charge is 0.416 e. The highest BCUT2D eigenvalue weighted by atomic mass is 19.4. The minimum atomic E-state index is -4.27. The van der Waals surface area contributed by atoms with Crippen molar-refractivity contribution in [3.63, 3.8) is 0 Å². The Labute approximate surface area is 134 Å². The summed E-state index contributed by atoms with van der Waals surface area (Å²) in [6, 6.07) is 7.78. The zero-order chi connectivity index (χ0) is 16.2. The minimum absolute atomic E-state index is 0.375. The van der Waals surface area contributed by atoms with Crippen molar-refractivity contribution in [1.82, 2.24) is 0 Å². The number of hydrogen-bond acceptors (Lipinski definition) is 0. The zero-order valence-electron chi connectivity index (χ0n) is 13.1. The van der Waals surface area contributed by atoms with Crippen molar-refractivity contribution < 1.29 is 13.2 Å². The first-order valence-electron chi connectivity index (χ1n) is 8.29. The maximum atomic E-state index is 13.3. The summed E-state index contributed by atoms with van der Waals surface area (Å²) in [6.45, 7) is 2.25. The summed E-state index contributed by atoms with van der Waals surface area (Å²) >= 11 is 0. The van der Waals surface area contributed by atoms with Gasteiger partial charge >= 0.3 is 6.18 Å². The van der Waals surface area contributed by atoms with Crippen LogP contribution < -0.4 is 0 Å². The van der Waals surface area contributed by atoms with E-state index < -0.39 is 11.7 Å². The summed E-state index contributed by atoms with van der Waals surface area (Å²) in [4.78, 5) is 0. The SMILES string of the molecule is CC1CCc2ccc3c4c(ccc3c2C1)C(C(F)(F)F)=CCC4. The Hall–Kier alpha value is -1.77. The third-order valence-corrected chi connectivity index (χ3v) is 5.32. The molecule has 2 aromatic rings. The molecule has 4 rings (SSSR count). The number of aryl methyl sites for hydroxylation is 2. The predicted molar refractivity (Wildman–Crippen MR) is 87.5 cm³/mol. The first-order chi connectivity index (χ1) is 10.9. The van der Waals surface area contributed by atoms with E-state index in [-0.39, 0.29) is 0 Å². The highest BCUT2D eigenvalue weighted by Crippen LogP contribution is 2.42. The van der Waals surface area contributed by atoms with Gasteiger partial charge in [-0.3, -0.25) is 0 Å². The van der Waals surface area contributed by atoms with E-state index in [1.165, 1.54) is 23.6 Å². The maximum absolute atomic E-state index is 13.3. The molecule has 2 aliphatic rings. The van der Waals surface area contributed by atoms with Crippen LogP contribution in [0.1, 0.15) is 42.0 Å². The Morgan fingerprint density at radius 3 is 2.48 bits per heavy atom. The summed E-state index contributed by atoms with van der Waals surface area (Å²) in [6.07, 6.45) is 1.55. The summed E-state index contributed by atoms with van der Waals surface area (Å²) < 4.78 is 39.8. The molecule has 0 saturated carbocycles. The van der Waals surface area contributed by atoms with Gasteiger partial charge in [0.2, 0.25) is 0 Å². The van der Waals surface area contributed by atoms with Gasteiger partial charge < -0.3 is 0 Å². The fourth-order valence-corrected chi connectivity index (χ4v) is 4.16. The topological polar surface area (TPSA) is 0 Å². The summed E-state index contributed by atoms with van der Waals surface area (Å²) in [5.74, 6) is 0.648. The molecule has 0 N–H and O–H groups in total. The molecular weight excluding hydrogens is 297 g/mol. The molecule has 0 aliphatic heterocycles. The van der Waals surface area contributed by atoms with Crippen LogP contribution in [0.4, 0.5) is 13.2 Å². The Kier molecular flexibility index (Phi) is 3.29. The fourth-order valence-electron chi connectivity index (χ4n) is 4.16. The summed E-state index contributed by atoms with van der Waals surface area (Å²) in [5, 5.41) is 2.18. The van der Waals surface area contributed by atoms with Crippen molar-refractivity contribution in [2.75, 3.05) is 0 Å². The van der Waals surface area contributed by atoms with Crippen LogP contribution in [0.25, 0.3) is 16.3 Å². The zero-order valence-corrected chi connectivity index (χ0v) is 13.1. The second kappa shape index (κ2) is 5.12. The van der Waals surface area contributed by atoms with E-state index in [2.05, 4.69) is 13.0 Å². The van der Waals surface area contributed by atoms with Gasteiger partial charge in [0.15, 0.2) is 0 Å². The third kappa shape index (κ3) is 2.37. The van der Waals surface area contributed by atoms with Gasteiger partial charge in [-0.15, -0.1) is 0 Å². The maximum Gasteiger partial charge on any atom is 0.416 e. The monoisotopic (exact) mass is 316 g/mol. The smallest absolute Gasteiger partial charge is 0.166 e. The van der Waals surface area contributed by atoms with Crippen molar-refractivity contribution in [2.45, 2.75) is 45.2 Å². The second-order valence-corrected chi connectivity index (χ2v) is 6.89. The number of allylic oxidation sites excluding steroid dienone is 2. The molecule has 0 fully saturated rings. The first kappa shape index (κ1) is 14.8. The molecule has 2 aliphatic carbocycles. The van der Waals surface area contributed by atoms with E-state index in [1.807, 2.05) is 12.1 Å². The van der Waals surface area contributed by atoms with Gasteiger partial charge in [-0.1, -0.05) is 37.3 Å². The molecule has 1 atom stereocenters. The van der Waals surface area contributed by atoms with Gasteiger partial charge in [0.05, 0.1) is 5.57 Å². The lowest BCUT2D eigenvalue weighted by molar-refractivity contribution is -0.0692. The molecule has 120 valence electrons. The number of fused-ring (bicyclic) bond motifs is 5. The third-order valence-electron chi connectivity index (χ3n) is 5.32. The lowest BCUT2D eigenvalue weighted by atomic mass is 9.79. The quantitative estimate of drug-likeness (QED) is 0.571. The molecule has 0 nitrogen and oxygen atoms in total. The van der Waals surface area contributed by atoms with Crippen LogP contribution >= 0.6 is 0 Å². The van der Waals surface area contributed by atoms with Crippen molar-refractivity contribution in [3.05, 3.63) is 52.6 Å². The van der Waals surface area contributed by atoms with E-state index in [0.29, 0.717) is 24.3 Å². The molecule has 0 amide bonds. The number of benzene rings is 2. The number of alkyl halides is 3. The molecule has 0 saturated heterocycles. The molecule has 3 heteroatoms. The van der Waals surface area contributed by atoms with E-state index in [4.69, 9.17) is 0 Å². The standard InChI is InChI=1S/C20H19F3/c1-12-5-6-13-7-8-15-14-3-2-4-19(20(21,22)23)17(14)10-9-16(15)18(13)11-12/h4,7-10,12H,2-3,5-6,11H2,1H3. The molecule has 2 aromatic carbocycles. The van der Waals surface area contributed by atoms with E-state index in [9.17, 15) is 13.2 Å². The number of halogens is 3. The Bertz CT molecular complexity index is 812. The number of rotatable bonds is 0. The highest BCUT2D eigenvalue weighted by molar-refractivity contribution is 5.94. The van der Waals surface area contributed by atoms with Crippen LogP contribution in [0.2, 0.25) is 0 Å². The first-order valence-corrected chi connectivity index (χ1v) is 8.29. The van der Waals surface area contributed by atoms with Gasteiger partial charge in [0.25, 0.3) is 0 Å². The molecule has 23 heavy (non-hydrogen) atoms. The summed E-state index contributed by atoms with van der Waals surface area (Å²) in [7, 11) is 0. The average molecular weight is 316 g/mol. The van der Waals surface area contributed by atoms with Gasteiger partial charge in [-0.25, -0.2) is 0 Å². The van der Waals surface area contributed by atoms with Crippen molar-refractivity contribution >= 4 is 16.3 Å². The molecule has 1 unspecified atom stereocenters. The van der Waals surface area contributed by atoms with E-state index >= 15 is 0 Å². The molecular formula is C20H19F3. The van der Waals surface area contributed by atoms with Crippen LogP contribution in [0, 0.1) is 5.92 Å². The van der Waals surface area contributed by atoms with Crippen LogP contribution in [0.3, 0.4) is 0 Å². The van der Waals surface area contributed by atoms with E-state index in [0.717, 1.165) is 29.2 Å².